The lowest BCUT2D eigenvalue weighted by Crippen LogP contribution is -2.46. The van der Waals surface area contributed by atoms with E-state index < -0.39 is 6.03 Å². The number of rotatable bonds is 7. The van der Waals surface area contributed by atoms with Gasteiger partial charge in [-0.2, -0.15) is 0 Å². The fourth-order valence-corrected chi connectivity index (χ4v) is 4.29. The molecule has 2 aromatic rings. The minimum atomic E-state index is -0.533. The third-order valence-corrected chi connectivity index (χ3v) is 6.02. The van der Waals surface area contributed by atoms with Crippen LogP contribution in [0.15, 0.2) is 36.7 Å². The van der Waals surface area contributed by atoms with Crippen molar-refractivity contribution in [1.82, 2.24) is 25.7 Å². The molecule has 2 heterocycles. The van der Waals surface area contributed by atoms with Gasteiger partial charge in [-0.05, 0) is 61.8 Å². The molecule has 2 amide bonds. The predicted octanol–water partition coefficient (Wildman–Crippen LogP) is 3.91. The van der Waals surface area contributed by atoms with Gasteiger partial charge in [-0.25, -0.2) is 10.3 Å². The number of pyridine rings is 2. The summed E-state index contributed by atoms with van der Waals surface area (Å²) in [7, 11) is 0. The Morgan fingerprint density at radius 1 is 1.10 bits per heavy atom. The molecule has 1 fully saturated rings. The van der Waals surface area contributed by atoms with Crippen molar-refractivity contribution < 1.29 is 10.0 Å². The van der Waals surface area contributed by atoms with Gasteiger partial charge in [-0.3, -0.25) is 20.1 Å². The molecule has 0 bridgehead atoms. The molecule has 0 saturated heterocycles. The Kier molecular flexibility index (Phi) is 7.76. The summed E-state index contributed by atoms with van der Waals surface area (Å²) in [5.41, 5.74) is 6.36. The smallest absolute Gasteiger partial charge is 0.334 e. The molecule has 3 N–H and O–H groups in total. The summed E-state index contributed by atoms with van der Waals surface area (Å²) in [4.78, 5) is 23.2. The second-order valence-electron chi connectivity index (χ2n) is 8.46. The summed E-state index contributed by atoms with van der Waals surface area (Å²) >= 11 is 0. The summed E-state index contributed by atoms with van der Waals surface area (Å²) in [6.07, 6.45) is 7.46. The second kappa shape index (κ2) is 10.5. The molecule has 1 saturated carbocycles. The lowest BCUT2D eigenvalue weighted by atomic mass is 9.89. The van der Waals surface area contributed by atoms with Crippen LogP contribution in [0.2, 0.25) is 0 Å². The number of urea groups is 1. The maximum atomic E-state index is 11.4. The first-order valence-electron chi connectivity index (χ1n) is 10.8. The van der Waals surface area contributed by atoms with E-state index in [0.29, 0.717) is 12.0 Å². The van der Waals surface area contributed by atoms with E-state index in [4.69, 9.17) is 10.2 Å². The highest BCUT2D eigenvalue weighted by Crippen LogP contribution is 2.28. The van der Waals surface area contributed by atoms with Gasteiger partial charge in [-0.15, -0.1) is 0 Å². The molecule has 3 rings (SSSR count). The van der Waals surface area contributed by atoms with Crippen LogP contribution in [0.1, 0.15) is 68.0 Å². The van der Waals surface area contributed by atoms with Crippen LogP contribution < -0.4 is 10.8 Å². The van der Waals surface area contributed by atoms with Gasteiger partial charge in [0.25, 0.3) is 0 Å². The Morgan fingerprint density at radius 2 is 1.73 bits per heavy atom. The zero-order chi connectivity index (χ0) is 21.5. The molecule has 0 radical (unpaired) electrons. The van der Waals surface area contributed by atoms with Crippen LogP contribution >= 0.6 is 0 Å². The van der Waals surface area contributed by atoms with Crippen LogP contribution in [0.5, 0.6) is 0 Å². The first-order valence-corrected chi connectivity index (χ1v) is 10.8. The Labute approximate surface area is 178 Å². The zero-order valence-corrected chi connectivity index (χ0v) is 18.1. The van der Waals surface area contributed by atoms with Gasteiger partial charge in [0.1, 0.15) is 0 Å². The first kappa shape index (κ1) is 22.2. The van der Waals surface area contributed by atoms with E-state index in [-0.39, 0.29) is 6.04 Å². The first-order chi connectivity index (χ1) is 14.5. The Bertz CT molecular complexity index is 834. The molecule has 1 aliphatic rings. The molecule has 0 atom stereocenters. The van der Waals surface area contributed by atoms with Gasteiger partial charge in [0.15, 0.2) is 0 Å². The lowest BCUT2D eigenvalue weighted by Gasteiger charge is -2.37. The number of nitrogens with zero attached hydrogens (tertiary/aromatic N) is 3. The lowest BCUT2D eigenvalue weighted by molar-refractivity contribution is 0.120. The molecular formula is C23H33N5O2. The van der Waals surface area contributed by atoms with Crippen molar-refractivity contribution in [3.63, 3.8) is 0 Å². The second-order valence-corrected chi connectivity index (χ2v) is 8.46. The maximum Gasteiger partial charge on any atom is 0.338 e. The van der Waals surface area contributed by atoms with Crippen LogP contribution in [0, 0.1) is 6.92 Å². The maximum absolute atomic E-state index is 11.4. The van der Waals surface area contributed by atoms with Gasteiger partial charge >= 0.3 is 6.03 Å². The molecule has 0 aliphatic heterocycles. The standard InChI is InChI=1S/C23H33N5O2/c1-16(2)20-7-5-13-25-22(20)15-28(14-21-17(3)6-4-12-24-21)19-10-8-18(9-11-19)26-23(29)27-30/h4-7,12-13,16,18-19,30H,8-11,14-15H2,1-3H3,(H2,26,27,29). The number of hydroxylamine groups is 1. The molecule has 2 aromatic heterocycles. The minimum Gasteiger partial charge on any atom is -0.334 e. The highest BCUT2D eigenvalue weighted by atomic mass is 16.5. The van der Waals surface area contributed by atoms with Crippen molar-refractivity contribution in [3.8, 4) is 0 Å². The Hall–Kier alpha value is -2.51. The van der Waals surface area contributed by atoms with E-state index in [2.05, 4.69) is 48.1 Å². The molecule has 7 nitrogen and oxygen atoms in total. The monoisotopic (exact) mass is 411 g/mol. The number of aromatic nitrogens is 2. The van der Waals surface area contributed by atoms with E-state index in [1.54, 1.807) is 5.48 Å². The summed E-state index contributed by atoms with van der Waals surface area (Å²) in [5, 5.41) is 11.6. The number of hydrogen-bond acceptors (Lipinski definition) is 5. The van der Waals surface area contributed by atoms with E-state index in [0.717, 1.165) is 50.2 Å². The normalized spacial score (nSPS) is 19.1. The van der Waals surface area contributed by atoms with Crippen molar-refractivity contribution in [2.75, 3.05) is 0 Å². The van der Waals surface area contributed by atoms with Gasteiger partial charge in [0.05, 0.1) is 11.4 Å². The van der Waals surface area contributed by atoms with Gasteiger partial charge in [-0.1, -0.05) is 26.0 Å². The number of aryl methyl sites for hydroxylation is 1. The highest BCUT2D eigenvalue weighted by molar-refractivity contribution is 5.72. The van der Waals surface area contributed by atoms with Crippen molar-refractivity contribution in [2.24, 2.45) is 0 Å². The zero-order valence-electron chi connectivity index (χ0n) is 18.1. The van der Waals surface area contributed by atoms with E-state index >= 15 is 0 Å². The van der Waals surface area contributed by atoms with Crippen LogP contribution in [-0.2, 0) is 13.1 Å². The predicted molar refractivity (Wildman–Crippen MR) is 116 cm³/mol. The van der Waals surface area contributed by atoms with Gasteiger partial charge in [0.2, 0.25) is 0 Å². The van der Waals surface area contributed by atoms with Crippen molar-refractivity contribution in [3.05, 3.63) is 59.2 Å². The number of carbonyl (C=O) groups is 1. The topological polar surface area (TPSA) is 90.4 Å². The summed E-state index contributed by atoms with van der Waals surface area (Å²) in [6, 6.07) is 8.21. The Balaban J connectivity index is 1.77. The fraction of sp³-hybridized carbons (Fsp3) is 0.522. The molecular weight excluding hydrogens is 378 g/mol. The van der Waals surface area contributed by atoms with E-state index in [1.807, 2.05) is 24.5 Å². The fourth-order valence-electron chi connectivity index (χ4n) is 4.29. The summed E-state index contributed by atoms with van der Waals surface area (Å²) in [5.74, 6) is 0.420. The number of nitrogens with one attached hydrogen (secondary N) is 2. The SMILES string of the molecule is Cc1cccnc1CN(Cc1ncccc1C(C)C)C1CCC(NC(=O)NO)CC1. The van der Waals surface area contributed by atoms with Crippen LogP contribution in [0.3, 0.4) is 0 Å². The van der Waals surface area contributed by atoms with Crippen LogP contribution in [0.25, 0.3) is 0 Å². The number of hydrogen-bond donors (Lipinski definition) is 3. The van der Waals surface area contributed by atoms with Crippen LogP contribution in [0.4, 0.5) is 4.79 Å². The molecule has 7 heteroatoms. The van der Waals surface area contributed by atoms with Gasteiger partial charge in [0, 0.05) is 37.6 Å². The van der Waals surface area contributed by atoms with E-state index in [9.17, 15) is 4.79 Å². The number of amides is 2. The quantitative estimate of drug-likeness (QED) is 0.475. The number of carbonyl (C=O) groups excluding carboxylic acids is 1. The van der Waals surface area contributed by atoms with Crippen molar-refractivity contribution in [1.29, 1.82) is 0 Å². The summed E-state index contributed by atoms with van der Waals surface area (Å²) < 4.78 is 0. The molecule has 30 heavy (non-hydrogen) atoms. The van der Waals surface area contributed by atoms with Crippen molar-refractivity contribution in [2.45, 2.75) is 77.5 Å². The summed E-state index contributed by atoms with van der Waals surface area (Å²) in [6.45, 7) is 8.08. The minimum absolute atomic E-state index is 0.0907. The molecule has 0 unspecified atom stereocenters. The van der Waals surface area contributed by atoms with Gasteiger partial charge < -0.3 is 5.32 Å². The molecule has 0 spiro atoms. The molecule has 1 aliphatic carbocycles. The van der Waals surface area contributed by atoms with Crippen molar-refractivity contribution >= 4 is 6.03 Å². The largest absolute Gasteiger partial charge is 0.338 e. The third kappa shape index (κ3) is 5.77. The highest BCUT2D eigenvalue weighted by Gasteiger charge is 2.28. The average molecular weight is 412 g/mol. The third-order valence-electron chi connectivity index (χ3n) is 6.02. The average Bonchev–Trinajstić information content (AvgIpc) is 2.75. The molecule has 162 valence electrons. The Morgan fingerprint density at radius 3 is 2.37 bits per heavy atom. The van der Waals surface area contributed by atoms with Crippen LogP contribution in [-0.4, -0.2) is 38.2 Å². The van der Waals surface area contributed by atoms with E-state index in [1.165, 1.54) is 11.1 Å². The molecule has 0 aromatic carbocycles.